The van der Waals surface area contributed by atoms with E-state index in [1.165, 1.54) is 0 Å². The van der Waals surface area contributed by atoms with Crippen molar-refractivity contribution < 1.29 is 14.3 Å². The monoisotopic (exact) mass is 375 g/mol. The zero-order chi connectivity index (χ0) is 19.5. The van der Waals surface area contributed by atoms with Crippen molar-refractivity contribution in [2.24, 2.45) is 0 Å². The molecule has 0 radical (unpaired) electrons. The van der Waals surface area contributed by atoms with Crippen LogP contribution >= 0.6 is 0 Å². The van der Waals surface area contributed by atoms with E-state index in [4.69, 9.17) is 4.74 Å². The van der Waals surface area contributed by atoms with Gasteiger partial charge in [-0.15, -0.1) is 0 Å². The number of para-hydroxylation sites is 1. The lowest BCUT2D eigenvalue weighted by atomic mass is 10.3. The summed E-state index contributed by atoms with van der Waals surface area (Å²) in [5.41, 5.74) is 2.33. The Balaban J connectivity index is 1.42. The first-order valence-electron chi connectivity index (χ1n) is 8.63. The lowest BCUT2D eigenvalue weighted by molar-refractivity contribution is -0.119. The van der Waals surface area contributed by atoms with Crippen LogP contribution in [0.5, 0.6) is 0 Å². The number of benzene rings is 1. The fraction of sp³-hybridized carbons (Fsp3) is 0.100. The van der Waals surface area contributed by atoms with Crippen molar-refractivity contribution in [1.29, 1.82) is 0 Å². The molecule has 0 saturated heterocycles. The molecule has 0 unspecified atom stereocenters. The van der Waals surface area contributed by atoms with Crippen LogP contribution in [-0.4, -0.2) is 37.6 Å². The molecule has 8 nitrogen and oxygen atoms in total. The molecule has 4 rings (SSSR count). The summed E-state index contributed by atoms with van der Waals surface area (Å²) < 4.78 is 8.42. The number of nitrogens with one attached hydrogen (secondary N) is 1. The molecule has 8 heteroatoms. The number of rotatable bonds is 5. The second-order valence-electron chi connectivity index (χ2n) is 6.13. The number of ether oxygens (including phenoxy) is 1. The maximum atomic E-state index is 12.3. The van der Waals surface area contributed by atoms with Crippen molar-refractivity contribution in [3.8, 4) is 5.69 Å². The van der Waals surface area contributed by atoms with Gasteiger partial charge in [0.15, 0.2) is 12.3 Å². The maximum absolute atomic E-state index is 12.3. The lowest BCUT2D eigenvalue weighted by Crippen LogP contribution is -2.22. The molecule has 1 aromatic carbocycles. The smallest absolute Gasteiger partial charge is 0.359 e. The van der Waals surface area contributed by atoms with E-state index in [1.54, 1.807) is 33.6 Å². The van der Waals surface area contributed by atoms with Crippen LogP contribution in [0.15, 0.2) is 67.0 Å². The Morgan fingerprint density at radius 1 is 1.11 bits per heavy atom. The van der Waals surface area contributed by atoms with Gasteiger partial charge in [-0.3, -0.25) is 4.79 Å². The molecule has 28 heavy (non-hydrogen) atoms. The number of carbonyl (C=O) groups is 2. The number of hydrogen-bond acceptors (Lipinski definition) is 5. The van der Waals surface area contributed by atoms with Crippen LogP contribution < -0.4 is 5.32 Å². The molecule has 3 heterocycles. The largest absolute Gasteiger partial charge is 0.451 e. The number of aromatic nitrogens is 4. The van der Waals surface area contributed by atoms with E-state index in [-0.39, 0.29) is 5.69 Å². The zero-order valence-corrected chi connectivity index (χ0v) is 15.1. The van der Waals surface area contributed by atoms with Crippen molar-refractivity contribution >= 4 is 23.3 Å². The molecule has 4 aromatic rings. The number of fused-ring (bicyclic) bond motifs is 1. The highest BCUT2D eigenvalue weighted by Crippen LogP contribution is 2.16. The molecule has 140 valence electrons. The first kappa shape index (κ1) is 17.5. The third kappa shape index (κ3) is 3.61. The molecule has 0 fully saturated rings. The number of esters is 1. The van der Waals surface area contributed by atoms with Crippen LogP contribution in [0.2, 0.25) is 0 Å². The predicted octanol–water partition coefficient (Wildman–Crippen LogP) is 2.62. The Bertz CT molecular complexity index is 1110. The lowest BCUT2D eigenvalue weighted by Gasteiger charge is -2.09. The standard InChI is InChI=1S/C20H17N5O3/c1-14-11-18(25(23-14)15-7-3-2-4-8-15)22-19(26)13-28-20(27)16-12-24-10-6-5-9-17(24)21-16/h2-12H,13H2,1H3,(H,22,26). The summed E-state index contributed by atoms with van der Waals surface area (Å²) in [4.78, 5) is 28.6. The van der Waals surface area contributed by atoms with E-state index in [1.807, 2.05) is 49.4 Å². The molecule has 3 aromatic heterocycles. The molecular weight excluding hydrogens is 358 g/mol. The van der Waals surface area contributed by atoms with Crippen LogP contribution in [0, 0.1) is 6.92 Å². The first-order valence-corrected chi connectivity index (χ1v) is 8.63. The third-order valence-electron chi connectivity index (χ3n) is 4.01. The zero-order valence-electron chi connectivity index (χ0n) is 15.1. The van der Waals surface area contributed by atoms with Crippen LogP contribution in [0.3, 0.4) is 0 Å². The van der Waals surface area contributed by atoms with Crippen molar-refractivity contribution in [3.63, 3.8) is 0 Å². The Labute approximate surface area is 160 Å². The highest BCUT2D eigenvalue weighted by Gasteiger charge is 2.16. The van der Waals surface area contributed by atoms with Gasteiger partial charge in [-0.1, -0.05) is 24.3 Å². The molecule has 0 bridgehead atoms. The number of imidazole rings is 1. The quantitative estimate of drug-likeness (QED) is 0.542. The average Bonchev–Trinajstić information content (AvgIpc) is 3.30. The molecule has 1 amide bonds. The average molecular weight is 375 g/mol. The number of anilines is 1. The van der Waals surface area contributed by atoms with Gasteiger partial charge in [-0.2, -0.15) is 5.10 Å². The summed E-state index contributed by atoms with van der Waals surface area (Å²) >= 11 is 0. The van der Waals surface area contributed by atoms with Crippen molar-refractivity contribution in [3.05, 3.63) is 78.4 Å². The Kier molecular flexibility index (Phi) is 4.59. The predicted molar refractivity (Wildman–Crippen MR) is 102 cm³/mol. The maximum Gasteiger partial charge on any atom is 0.359 e. The highest BCUT2D eigenvalue weighted by atomic mass is 16.5. The molecule has 0 aliphatic rings. The summed E-state index contributed by atoms with van der Waals surface area (Å²) in [5, 5.41) is 7.10. The van der Waals surface area contributed by atoms with E-state index in [2.05, 4.69) is 15.4 Å². The number of carbonyl (C=O) groups excluding carboxylic acids is 2. The van der Waals surface area contributed by atoms with Gasteiger partial charge >= 0.3 is 5.97 Å². The molecule has 0 aliphatic heterocycles. The van der Waals surface area contributed by atoms with Gasteiger partial charge in [-0.05, 0) is 31.2 Å². The highest BCUT2D eigenvalue weighted by molar-refractivity contribution is 5.94. The van der Waals surface area contributed by atoms with Gasteiger partial charge in [0.2, 0.25) is 0 Å². The van der Waals surface area contributed by atoms with Gasteiger partial charge in [0.05, 0.1) is 11.4 Å². The fourth-order valence-electron chi connectivity index (χ4n) is 2.77. The minimum Gasteiger partial charge on any atom is -0.451 e. The van der Waals surface area contributed by atoms with Gasteiger partial charge in [-0.25, -0.2) is 14.5 Å². The van der Waals surface area contributed by atoms with Crippen molar-refractivity contribution in [2.45, 2.75) is 6.92 Å². The topological polar surface area (TPSA) is 90.5 Å². The second kappa shape index (κ2) is 7.36. The summed E-state index contributed by atoms with van der Waals surface area (Å²) in [7, 11) is 0. The normalized spacial score (nSPS) is 10.8. The van der Waals surface area contributed by atoms with E-state index in [0.29, 0.717) is 11.5 Å². The number of amides is 1. The SMILES string of the molecule is Cc1cc(NC(=O)COC(=O)c2cn3ccccc3n2)n(-c2ccccc2)n1. The number of nitrogens with zero attached hydrogens (tertiary/aromatic N) is 4. The molecule has 0 saturated carbocycles. The van der Waals surface area contributed by atoms with Crippen LogP contribution in [0.25, 0.3) is 11.3 Å². The van der Waals surface area contributed by atoms with E-state index < -0.39 is 18.5 Å². The third-order valence-corrected chi connectivity index (χ3v) is 4.01. The van der Waals surface area contributed by atoms with Crippen LogP contribution in [0.4, 0.5) is 5.82 Å². The minimum atomic E-state index is -0.661. The second-order valence-corrected chi connectivity index (χ2v) is 6.13. The van der Waals surface area contributed by atoms with Gasteiger partial charge < -0.3 is 14.5 Å². The summed E-state index contributed by atoms with van der Waals surface area (Å²) in [6.45, 7) is 1.41. The Hall–Kier alpha value is -3.94. The van der Waals surface area contributed by atoms with Gasteiger partial charge in [0, 0.05) is 18.5 Å². The number of aryl methyl sites for hydroxylation is 1. The van der Waals surface area contributed by atoms with Crippen molar-refractivity contribution in [2.75, 3.05) is 11.9 Å². The molecule has 0 atom stereocenters. The van der Waals surface area contributed by atoms with E-state index in [0.717, 1.165) is 11.4 Å². The molecule has 0 spiro atoms. The van der Waals surface area contributed by atoms with E-state index in [9.17, 15) is 9.59 Å². The number of pyridine rings is 1. The molecule has 1 N–H and O–H groups in total. The fourth-order valence-corrected chi connectivity index (χ4v) is 2.77. The van der Waals surface area contributed by atoms with E-state index >= 15 is 0 Å². The van der Waals surface area contributed by atoms with Gasteiger partial charge in [0.25, 0.3) is 5.91 Å². The Morgan fingerprint density at radius 2 is 1.89 bits per heavy atom. The Morgan fingerprint density at radius 3 is 2.68 bits per heavy atom. The molecule has 0 aliphatic carbocycles. The molecular formula is C20H17N5O3. The first-order chi connectivity index (χ1) is 13.6. The van der Waals surface area contributed by atoms with Crippen LogP contribution in [0.1, 0.15) is 16.2 Å². The van der Waals surface area contributed by atoms with Gasteiger partial charge in [0.1, 0.15) is 11.5 Å². The summed E-state index contributed by atoms with van der Waals surface area (Å²) in [6.07, 6.45) is 3.34. The number of hydrogen-bond donors (Lipinski definition) is 1. The van der Waals surface area contributed by atoms with Crippen LogP contribution in [-0.2, 0) is 9.53 Å². The summed E-state index contributed by atoms with van der Waals surface area (Å²) in [6, 6.07) is 16.6. The minimum absolute atomic E-state index is 0.143. The summed E-state index contributed by atoms with van der Waals surface area (Å²) in [5.74, 6) is -0.627. The van der Waals surface area contributed by atoms with Crippen molar-refractivity contribution in [1.82, 2.24) is 19.2 Å².